The van der Waals surface area contributed by atoms with E-state index in [1.165, 1.54) is 0 Å². The van der Waals surface area contributed by atoms with Gasteiger partial charge in [-0.2, -0.15) is 0 Å². The van der Waals surface area contributed by atoms with Gasteiger partial charge in [0.25, 0.3) is 0 Å². The first-order chi connectivity index (χ1) is 12.1. The minimum Gasteiger partial charge on any atom is -0.493 e. The van der Waals surface area contributed by atoms with Gasteiger partial charge in [-0.15, -0.1) is 0 Å². The van der Waals surface area contributed by atoms with Gasteiger partial charge < -0.3 is 29.7 Å². The fourth-order valence-electron chi connectivity index (χ4n) is 2.69. The van der Waals surface area contributed by atoms with E-state index in [1.54, 1.807) is 44.2 Å². The number of piperidine rings is 1. The van der Waals surface area contributed by atoms with Crippen LogP contribution >= 0.6 is 0 Å². The molecule has 3 amide bonds. The maximum absolute atomic E-state index is 12.2. The largest absolute Gasteiger partial charge is 0.493 e. The Hall–Kier alpha value is -2.64. The fraction of sp³-hybridized carbons (Fsp3) is 0.529. The van der Waals surface area contributed by atoms with Crippen LogP contribution in [0.15, 0.2) is 18.2 Å². The molecule has 1 aromatic carbocycles. The van der Waals surface area contributed by atoms with Gasteiger partial charge in [0, 0.05) is 30.9 Å². The number of amides is 3. The van der Waals surface area contributed by atoms with Crippen LogP contribution in [0.2, 0.25) is 0 Å². The second-order valence-electron chi connectivity index (χ2n) is 5.63. The lowest BCUT2D eigenvalue weighted by atomic mass is 10.1. The van der Waals surface area contributed by atoms with Crippen LogP contribution in [0.4, 0.5) is 15.3 Å². The van der Waals surface area contributed by atoms with E-state index in [-0.39, 0.29) is 18.2 Å². The number of hydrogen-bond donors (Lipinski definition) is 2. The number of hydrogen-bond acceptors (Lipinski definition) is 5. The lowest BCUT2D eigenvalue weighted by Crippen LogP contribution is -2.47. The van der Waals surface area contributed by atoms with E-state index in [4.69, 9.17) is 14.2 Å². The predicted octanol–water partition coefficient (Wildman–Crippen LogP) is 2.45. The Morgan fingerprint density at radius 3 is 2.44 bits per heavy atom. The van der Waals surface area contributed by atoms with E-state index < -0.39 is 0 Å². The molecule has 2 rings (SSSR count). The maximum Gasteiger partial charge on any atom is 0.409 e. The highest BCUT2D eigenvalue weighted by atomic mass is 16.6. The molecule has 0 spiro atoms. The first kappa shape index (κ1) is 18.7. The molecule has 138 valence electrons. The third-order valence-electron chi connectivity index (χ3n) is 4.00. The number of carbonyl (C=O) groups excluding carboxylic acids is 2. The average molecular weight is 351 g/mol. The number of carbonyl (C=O) groups is 2. The zero-order chi connectivity index (χ0) is 18.2. The van der Waals surface area contributed by atoms with Crippen molar-refractivity contribution in [1.82, 2.24) is 10.2 Å². The van der Waals surface area contributed by atoms with Crippen molar-refractivity contribution in [2.75, 3.05) is 39.2 Å². The summed E-state index contributed by atoms with van der Waals surface area (Å²) in [6, 6.07) is 4.89. The summed E-state index contributed by atoms with van der Waals surface area (Å²) < 4.78 is 15.4. The van der Waals surface area contributed by atoms with Crippen LogP contribution in [0.1, 0.15) is 19.8 Å². The quantitative estimate of drug-likeness (QED) is 0.850. The Bertz CT molecular complexity index is 600. The molecule has 25 heavy (non-hydrogen) atoms. The Morgan fingerprint density at radius 1 is 1.16 bits per heavy atom. The molecule has 1 aromatic rings. The van der Waals surface area contributed by atoms with Crippen molar-refractivity contribution in [2.24, 2.45) is 0 Å². The molecule has 0 saturated carbocycles. The molecule has 0 bridgehead atoms. The first-order valence-corrected chi connectivity index (χ1v) is 8.28. The van der Waals surface area contributed by atoms with E-state index in [0.29, 0.717) is 49.7 Å². The summed E-state index contributed by atoms with van der Waals surface area (Å²) >= 11 is 0. The molecule has 1 aliphatic rings. The van der Waals surface area contributed by atoms with Gasteiger partial charge in [-0.1, -0.05) is 0 Å². The van der Waals surface area contributed by atoms with Crippen molar-refractivity contribution in [3.05, 3.63) is 18.2 Å². The highest BCUT2D eigenvalue weighted by Gasteiger charge is 2.24. The molecule has 1 fully saturated rings. The molecule has 0 radical (unpaired) electrons. The first-order valence-electron chi connectivity index (χ1n) is 8.28. The summed E-state index contributed by atoms with van der Waals surface area (Å²) in [6.07, 6.45) is 1.09. The van der Waals surface area contributed by atoms with Crippen molar-refractivity contribution in [3.63, 3.8) is 0 Å². The summed E-state index contributed by atoms with van der Waals surface area (Å²) in [5, 5.41) is 5.70. The topological polar surface area (TPSA) is 89.1 Å². The Labute approximate surface area is 147 Å². The van der Waals surface area contributed by atoms with Crippen LogP contribution in [0.5, 0.6) is 11.5 Å². The Kier molecular flexibility index (Phi) is 6.73. The van der Waals surface area contributed by atoms with Crippen LogP contribution in [0, 0.1) is 0 Å². The Balaban J connectivity index is 1.82. The summed E-state index contributed by atoms with van der Waals surface area (Å²) in [6.45, 7) is 3.29. The Morgan fingerprint density at radius 2 is 1.84 bits per heavy atom. The van der Waals surface area contributed by atoms with Crippen LogP contribution in [0.3, 0.4) is 0 Å². The molecule has 0 aromatic heterocycles. The van der Waals surface area contributed by atoms with Gasteiger partial charge in [-0.25, -0.2) is 9.59 Å². The molecule has 0 atom stereocenters. The smallest absolute Gasteiger partial charge is 0.409 e. The normalized spacial score (nSPS) is 14.6. The van der Waals surface area contributed by atoms with Crippen LogP contribution in [-0.4, -0.2) is 57.0 Å². The zero-order valence-corrected chi connectivity index (χ0v) is 14.8. The second kappa shape index (κ2) is 9.00. The van der Waals surface area contributed by atoms with Crippen LogP contribution in [0.25, 0.3) is 0 Å². The van der Waals surface area contributed by atoms with Gasteiger partial charge in [0.1, 0.15) is 0 Å². The summed E-state index contributed by atoms with van der Waals surface area (Å²) in [4.78, 5) is 25.5. The third kappa shape index (κ3) is 5.17. The molecule has 8 nitrogen and oxygen atoms in total. The van der Waals surface area contributed by atoms with E-state index in [0.717, 1.165) is 0 Å². The van der Waals surface area contributed by atoms with Gasteiger partial charge >= 0.3 is 12.1 Å². The monoisotopic (exact) mass is 351 g/mol. The lowest BCUT2D eigenvalue weighted by molar-refractivity contribution is 0.0959. The number of likely N-dealkylation sites (tertiary alicyclic amines) is 1. The number of anilines is 1. The van der Waals surface area contributed by atoms with Crippen molar-refractivity contribution in [2.45, 2.75) is 25.8 Å². The third-order valence-corrected chi connectivity index (χ3v) is 4.00. The average Bonchev–Trinajstić information content (AvgIpc) is 2.62. The highest BCUT2D eigenvalue weighted by molar-refractivity contribution is 5.89. The van der Waals surface area contributed by atoms with Gasteiger partial charge in [-0.05, 0) is 31.9 Å². The van der Waals surface area contributed by atoms with Gasteiger partial charge in [0.05, 0.1) is 20.8 Å². The number of ether oxygens (including phenoxy) is 3. The van der Waals surface area contributed by atoms with E-state index in [1.807, 2.05) is 0 Å². The second-order valence-corrected chi connectivity index (χ2v) is 5.63. The SMILES string of the molecule is CCOC(=O)N1CCC(NC(=O)Nc2ccc(OC)c(OC)c2)CC1. The molecule has 1 aliphatic heterocycles. The van der Waals surface area contributed by atoms with Crippen LogP contribution in [-0.2, 0) is 4.74 Å². The molecule has 0 unspecified atom stereocenters. The number of methoxy groups -OCH3 is 2. The van der Waals surface area contributed by atoms with E-state index in [2.05, 4.69) is 10.6 Å². The molecule has 1 saturated heterocycles. The minimum absolute atomic E-state index is 0.0193. The highest BCUT2D eigenvalue weighted by Crippen LogP contribution is 2.29. The molecule has 1 heterocycles. The number of benzene rings is 1. The number of nitrogens with one attached hydrogen (secondary N) is 2. The van der Waals surface area contributed by atoms with Crippen molar-refractivity contribution < 1.29 is 23.8 Å². The molecule has 8 heteroatoms. The van der Waals surface area contributed by atoms with E-state index >= 15 is 0 Å². The fourth-order valence-corrected chi connectivity index (χ4v) is 2.69. The summed E-state index contributed by atoms with van der Waals surface area (Å²) in [5.41, 5.74) is 0.610. The molecular formula is C17H25N3O5. The van der Waals surface area contributed by atoms with Crippen molar-refractivity contribution >= 4 is 17.8 Å². The van der Waals surface area contributed by atoms with Gasteiger partial charge in [0.15, 0.2) is 11.5 Å². The van der Waals surface area contributed by atoms with E-state index in [9.17, 15) is 9.59 Å². The molecular weight excluding hydrogens is 326 g/mol. The minimum atomic E-state index is -0.296. The van der Waals surface area contributed by atoms with Crippen LogP contribution < -0.4 is 20.1 Å². The summed E-state index contributed by atoms with van der Waals surface area (Å²) in [5.74, 6) is 1.14. The van der Waals surface area contributed by atoms with Gasteiger partial charge in [-0.3, -0.25) is 0 Å². The number of rotatable bonds is 5. The molecule has 0 aliphatic carbocycles. The molecule has 2 N–H and O–H groups in total. The lowest BCUT2D eigenvalue weighted by Gasteiger charge is -2.31. The maximum atomic E-state index is 12.2. The summed E-state index contributed by atoms with van der Waals surface area (Å²) in [7, 11) is 3.10. The van der Waals surface area contributed by atoms with Crippen molar-refractivity contribution in [1.29, 1.82) is 0 Å². The number of nitrogens with zero attached hydrogens (tertiary/aromatic N) is 1. The van der Waals surface area contributed by atoms with Gasteiger partial charge in [0.2, 0.25) is 0 Å². The van der Waals surface area contributed by atoms with Crippen molar-refractivity contribution in [3.8, 4) is 11.5 Å². The zero-order valence-electron chi connectivity index (χ0n) is 14.8. The standard InChI is InChI=1S/C17H25N3O5/c1-4-25-17(22)20-9-7-12(8-10-20)18-16(21)19-13-5-6-14(23-2)15(11-13)24-3/h5-6,11-12H,4,7-10H2,1-3H3,(H2,18,19,21). The predicted molar refractivity (Wildman–Crippen MR) is 93.3 cm³/mol. The number of urea groups is 1.